The van der Waals surface area contributed by atoms with Crippen molar-refractivity contribution in [3.05, 3.63) is 20.8 Å². The average Bonchev–Trinajstić information content (AvgIpc) is 2.63. The van der Waals surface area contributed by atoms with E-state index in [9.17, 15) is 4.79 Å². The summed E-state index contributed by atoms with van der Waals surface area (Å²) in [6.45, 7) is 3.43. The highest BCUT2D eigenvalue weighted by molar-refractivity contribution is 9.11. The van der Waals surface area contributed by atoms with Crippen molar-refractivity contribution in [2.24, 2.45) is 0 Å². The molecule has 0 aliphatic rings. The van der Waals surface area contributed by atoms with Crippen molar-refractivity contribution in [3.8, 4) is 0 Å². The summed E-state index contributed by atoms with van der Waals surface area (Å²) in [5.41, 5.74) is 0. The lowest BCUT2D eigenvalue weighted by atomic mass is 10.3. The van der Waals surface area contributed by atoms with E-state index in [0.29, 0.717) is 12.4 Å². The van der Waals surface area contributed by atoms with Crippen LogP contribution in [-0.2, 0) is 0 Å². The van der Waals surface area contributed by atoms with Crippen LogP contribution in [0.2, 0.25) is 0 Å². The summed E-state index contributed by atoms with van der Waals surface area (Å²) < 4.78 is 0.980. The molecule has 0 bridgehead atoms. The Morgan fingerprint density at radius 3 is 2.73 bits per heavy atom. The van der Waals surface area contributed by atoms with Crippen molar-refractivity contribution in [2.75, 3.05) is 19.0 Å². The Kier molecular flexibility index (Phi) is 5.64. The van der Waals surface area contributed by atoms with E-state index in [1.807, 2.05) is 12.1 Å². The molecule has 0 N–H and O–H groups in total. The van der Waals surface area contributed by atoms with Gasteiger partial charge in [-0.05, 0) is 34.5 Å². The fraction of sp³-hybridized carbons (Fsp3) is 0.500. The molecule has 0 fully saturated rings. The van der Waals surface area contributed by atoms with Crippen molar-refractivity contribution in [3.63, 3.8) is 0 Å². The molecule has 0 aromatic carbocycles. The summed E-state index contributed by atoms with van der Waals surface area (Å²) in [7, 11) is 0. The molecule has 0 unspecified atom stereocenters. The number of amides is 1. The third kappa shape index (κ3) is 3.78. The standard InChI is InChI=1S/C10H13BrClNOS/c1-2-6-13(7-5-12)10(14)8-3-4-9(11)15-8/h3-4H,2,5-7H2,1H3. The first-order valence-corrected chi connectivity index (χ1v) is 6.94. The highest BCUT2D eigenvalue weighted by Gasteiger charge is 2.15. The monoisotopic (exact) mass is 309 g/mol. The van der Waals surface area contributed by atoms with Gasteiger partial charge in [-0.15, -0.1) is 22.9 Å². The molecule has 1 aromatic rings. The Morgan fingerprint density at radius 1 is 1.53 bits per heavy atom. The average molecular weight is 311 g/mol. The van der Waals surface area contributed by atoms with E-state index in [4.69, 9.17) is 11.6 Å². The van der Waals surface area contributed by atoms with Crippen LogP contribution in [0.25, 0.3) is 0 Å². The van der Waals surface area contributed by atoms with Gasteiger partial charge in [0.05, 0.1) is 8.66 Å². The predicted molar refractivity (Wildman–Crippen MR) is 68.9 cm³/mol. The van der Waals surface area contributed by atoms with Crippen LogP contribution in [0.4, 0.5) is 0 Å². The zero-order chi connectivity index (χ0) is 11.3. The Hall–Kier alpha value is -0.0600. The number of hydrogen-bond acceptors (Lipinski definition) is 2. The van der Waals surface area contributed by atoms with Gasteiger partial charge in [0, 0.05) is 19.0 Å². The Balaban J connectivity index is 2.71. The van der Waals surface area contributed by atoms with E-state index in [0.717, 1.165) is 21.6 Å². The molecule has 0 aliphatic carbocycles. The summed E-state index contributed by atoms with van der Waals surface area (Å²) in [5.74, 6) is 0.561. The fourth-order valence-corrected chi connectivity index (χ4v) is 2.83. The third-order valence-corrected chi connectivity index (χ3v) is 3.70. The van der Waals surface area contributed by atoms with Crippen LogP contribution in [-0.4, -0.2) is 29.8 Å². The van der Waals surface area contributed by atoms with Gasteiger partial charge < -0.3 is 4.90 Å². The predicted octanol–water partition coefficient (Wildman–Crippen LogP) is 3.60. The van der Waals surface area contributed by atoms with Crippen LogP contribution in [0, 0.1) is 0 Å². The minimum absolute atomic E-state index is 0.0770. The van der Waals surface area contributed by atoms with E-state index in [-0.39, 0.29) is 5.91 Å². The zero-order valence-electron chi connectivity index (χ0n) is 8.50. The van der Waals surface area contributed by atoms with Crippen LogP contribution in [0.3, 0.4) is 0 Å². The van der Waals surface area contributed by atoms with Crippen molar-refractivity contribution >= 4 is 44.8 Å². The minimum Gasteiger partial charge on any atom is -0.337 e. The van der Waals surface area contributed by atoms with Crippen LogP contribution in [0.1, 0.15) is 23.0 Å². The second-order valence-electron chi connectivity index (χ2n) is 3.08. The second kappa shape index (κ2) is 6.51. The maximum atomic E-state index is 12.0. The minimum atomic E-state index is 0.0770. The largest absolute Gasteiger partial charge is 0.337 e. The lowest BCUT2D eigenvalue weighted by Crippen LogP contribution is -2.32. The van der Waals surface area contributed by atoms with Gasteiger partial charge in [-0.2, -0.15) is 0 Å². The Labute approximate surface area is 107 Å². The SMILES string of the molecule is CCCN(CCCl)C(=O)c1ccc(Br)s1. The van der Waals surface area contributed by atoms with Crippen molar-refractivity contribution < 1.29 is 4.79 Å². The summed E-state index contributed by atoms with van der Waals surface area (Å²) in [5, 5.41) is 0. The van der Waals surface area contributed by atoms with Gasteiger partial charge in [-0.3, -0.25) is 4.79 Å². The fourth-order valence-electron chi connectivity index (χ4n) is 1.27. The molecule has 0 atom stereocenters. The first-order chi connectivity index (χ1) is 7.19. The number of carbonyl (C=O) groups excluding carboxylic acids is 1. The molecular weight excluding hydrogens is 298 g/mol. The Bertz CT molecular complexity index is 323. The smallest absolute Gasteiger partial charge is 0.263 e. The first kappa shape index (κ1) is 13.0. The molecule has 0 spiro atoms. The van der Waals surface area contributed by atoms with Gasteiger partial charge in [0.1, 0.15) is 0 Å². The number of alkyl halides is 1. The molecule has 1 aromatic heterocycles. The molecule has 1 heterocycles. The van der Waals surface area contributed by atoms with Gasteiger partial charge in [-0.1, -0.05) is 6.92 Å². The summed E-state index contributed by atoms with van der Waals surface area (Å²) in [6, 6.07) is 3.73. The van der Waals surface area contributed by atoms with Gasteiger partial charge >= 0.3 is 0 Å². The van der Waals surface area contributed by atoms with Gasteiger partial charge in [-0.25, -0.2) is 0 Å². The molecule has 84 valence electrons. The number of hydrogen-bond donors (Lipinski definition) is 0. The second-order valence-corrected chi connectivity index (χ2v) is 5.93. The number of carbonyl (C=O) groups is 1. The number of halogens is 2. The highest BCUT2D eigenvalue weighted by Crippen LogP contribution is 2.23. The lowest BCUT2D eigenvalue weighted by Gasteiger charge is -2.19. The third-order valence-electron chi connectivity index (χ3n) is 1.92. The molecule has 0 saturated carbocycles. The van der Waals surface area contributed by atoms with Crippen LogP contribution >= 0.6 is 38.9 Å². The number of rotatable bonds is 5. The van der Waals surface area contributed by atoms with E-state index >= 15 is 0 Å². The molecule has 1 amide bonds. The highest BCUT2D eigenvalue weighted by atomic mass is 79.9. The first-order valence-electron chi connectivity index (χ1n) is 4.79. The van der Waals surface area contributed by atoms with Crippen LogP contribution < -0.4 is 0 Å². The van der Waals surface area contributed by atoms with E-state index in [2.05, 4.69) is 22.9 Å². The molecule has 0 saturated heterocycles. The van der Waals surface area contributed by atoms with E-state index < -0.39 is 0 Å². The van der Waals surface area contributed by atoms with Crippen molar-refractivity contribution in [2.45, 2.75) is 13.3 Å². The van der Waals surface area contributed by atoms with Crippen molar-refractivity contribution in [1.29, 1.82) is 0 Å². The molecular formula is C10H13BrClNOS. The van der Waals surface area contributed by atoms with Crippen LogP contribution in [0.15, 0.2) is 15.9 Å². The topological polar surface area (TPSA) is 20.3 Å². The maximum absolute atomic E-state index is 12.0. The number of thiophene rings is 1. The summed E-state index contributed by atoms with van der Waals surface area (Å²) in [6.07, 6.45) is 0.954. The Morgan fingerprint density at radius 2 is 2.27 bits per heavy atom. The molecule has 1 rings (SSSR count). The van der Waals surface area contributed by atoms with E-state index in [1.165, 1.54) is 11.3 Å². The molecule has 0 aliphatic heterocycles. The molecule has 2 nitrogen and oxygen atoms in total. The maximum Gasteiger partial charge on any atom is 0.263 e. The quantitative estimate of drug-likeness (QED) is 0.761. The van der Waals surface area contributed by atoms with Gasteiger partial charge in [0.25, 0.3) is 5.91 Å². The zero-order valence-corrected chi connectivity index (χ0v) is 11.7. The van der Waals surface area contributed by atoms with Gasteiger partial charge in [0.2, 0.25) is 0 Å². The normalized spacial score (nSPS) is 10.3. The molecule has 0 radical (unpaired) electrons. The van der Waals surface area contributed by atoms with Crippen LogP contribution in [0.5, 0.6) is 0 Å². The molecule has 5 heteroatoms. The van der Waals surface area contributed by atoms with Gasteiger partial charge in [0.15, 0.2) is 0 Å². The molecule has 15 heavy (non-hydrogen) atoms. The number of nitrogens with zero attached hydrogens (tertiary/aromatic N) is 1. The summed E-state index contributed by atoms with van der Waals surface area (Å²) >= 11 is 10.5. The van der Waals surface area contributed by atoms with E-state index in [1.54, 1.807) is 4.90 Å². The summed E-state index contributed by atoms with van der Waals surface area (Å²) in [4.78, 5) is 14.6. The van der Waals surface area contributed by atoms with Crippen molar-refractivity contribution in [1.82, 2.24) is 4.90 Å². The lowest BCUT2D eigenvalue weighted by molar-refractivity contribution is 0.0770.